The van der Waals surface area contributed by atoms with Crippen LogP contribution in [0.3, 0.4) is 0 Å². The van der Waals surface area contributed by atoms with Gasteiger partial charge in [-0.2, -0.15) is 0 Å². The summed E-state index contributed by atoms with van der Waals surface area (Å²) in [6, 6.07) is 0. The molecule has 0 aromatic carbocycles. The van der Waals surface area contributed by atoms with Gasteiger partial charge in [0.25, 0.3) is 0 Å². The molecule has 0 saturated carbocycles. The Kier molecular flexibility index (Phi) is 2.63. The van der Waals surface area contributed by atoms with Crippen molar-refractivity contribution in [1.29, 1.82) is 0 Å². The molecule has 0 bridgehead atoms. The van der Waals surface area contributed by atoms with Gasteiger partial charge in [0.2, 0.25) is 0 Å². The Morgan fingerprint density at radius 3 is 2.58 bits per heavy atom. The van der Waals surface area contributed by atoms with Gasteiger partial charge in [0.05, 0.1) is 0 Å². The molecule has 0 fully saturated rings. The van der Waals surface area contributed by atoms with Gasteiger partial charge in [-0.05, 0) is 26.2 Å². The fourth-order valence-electron chi connectivity index (χ4n) is 1.56. The van der Waals surface area contributed by atoms with Crippen molar-refractivity contribution in [2.45, 2.75) is 32.6 Å². The smallest absolute Gasteiger partial charge is 0.331 e. The SMILES string of the molecule is CC(=O)CC1=C(C(=O)O)CCC1. The number of Topliss-reactive ketones (excluding diaryl/α,β-unsaturated/α-hetero) is 1. The minimum atomic E-state index is -0.858. The molecule has 1 rings (SSSR count). The van der Waals surface area contributed by atoms with Crippen LogP contribution in [-0.2, 0) is 9.59 Å². The summed E-state index contributed by atoms with van der Waals surface area (Å²) in [6.07, 6.45) is 2.60. The summed E-state index contributed by atoms with van der Waals surface area (Å²) in [5.74, 6) is -0.811. The summed E-state index contributed by atoms with van der Waals surface area (Å²) in [4.78, 5) is 21.4. The van der Waals surface area contributed by atoms with Crippen LogP contribution >= 0.6 is 0 Å². The van der Waals surface area contributed by atoms with E-state index >= 15 is 0 Å². The number of allylic oxidation sites excluding steroid dienone is 1. The highest BCUT2D eigenvalue weighted by molar-refractivity contribution is 5.90. The first-order valence-corrected chi connectivity index (χ1v) is 4.05. The van der Waals surface area contributed by atoms with E-state index < -0.39 is 5.97 Å². The highest BCUT2D eigenvalue weighted by Gasteiger charge is 2.20. The lowest BCUT2D eigenvalue weighted by molar-refractivity contribution is -0.132. The molecule has 0 aliphatic heterocycles. The third kappa shape index (κ3) is 1.94. The molecule has 0 aromatic heterocycles. The lowest BCUT2D eigenvalue weighted by Crippen LogP contribution is -2.02. The lowest BCUT2D eigenvalue weighted by Gasteiger charge is -1.99. The minimum absolute atomic E-state index is 0.0469. The fourth-order valence-corrected chi connectivity index (χ4v) is 1.56. The summed E-state index contributed by atoms with van der Waals surface area (Å²) >= 11 is 0. The molecule has 0 spiro atoms. The molecule has 0 atom stereocenters. The van der Waals surface area contributed by atoms with Crippen LogP contribution in [0, 0.1) is 0 Å². The van der Waals surface area contributed by atoms with Crippen molar-refractivity contribution >= 4 is 11.8 Å². The molecule has 3 nitrogen and oxygen atoms in total. The van der Waals surface area contributed by atoms with Gasteiger partial charge in [0, 0.05) is 12.0 Å². The second-order valence-corrected chi connectivity index (χ2v) is 3.12. The Bertz CT molecular complexity index is 250. The van der Waals surface area contributed by atoms with Crippen LogP contribution in [0.1, 0.15) is 32.6 Å². The molecule has 1 N–H and O–H groups in total. The van der Waals surface area contributed by atoms with E-state index in [0.717, 1.165) is 18.4 Å². The van der Waals surface area contributed by atoms with E-state index in [-0.39, 0.29) is 5.78 Å². The van der Waals surface area contributed by atoms with Gasteiger partial charge in [0.15, 0.2) is 0 Å². The van der Waals surface area contributed by atoms with Crippen LogP contribution in [0.2, 0.25) is 0 Å². The highest BCUT2D eigenvalue weighted by atomic mass is 16.4. The van der Waals surface area contributed by atoms with E-state index in [4.69, 9.17) is 5.11 Å². The predicted octanol–water partition coefficient (Wildman–Crippen LogP) is 1.53. The molecule has 1 aliphatic carbocycles. The summed E-state index contributed by atoms with van der Waals surface area (Å²) < 4.78 is 0. The van der Waals surface area contributed by atoms with E-state index in [0.29, 0.717) is 18.4 Å². The normalized spacial score (nSPS) is 16.8. The van der Waals surface area contributed by atoms with Gasteiger partial charge in [-0.15, -0.1) is 0 Å². The standard InChI is InChI=1S/C9H12O3/c1-6(10)5-7-3-2-4-8(7)9(11)12/h2-5H2,1H3,(H,11,12). The molecule has 0 radical (unpaired) electrons. The Balaban J connectivity index is 2.76. The van der Waals surface area contributed by atoms with Gasteiger partial charge in [-0.25, -0.2) is 4.79 Å². The average molecular weight is 168 g/mol. The van der Waals surface area contributed by atoms with Gasteiger partial charge in [-0.3, -0.25) is 4.79 Å². The molecular weight excluding hydrogens is 156 g/mol. The Labute approximate surface area is 71.1 Å². The number of carboxylic acids is 1. The fraction of sp³-hybridized carbons (Fsp3) is 0.556. The summed E-state index contributed by atoms with van der Waals surface area (Å²) in [7, 11) is 0. The second kappa shape index (κ2) is 3.52. The number of hydrogen-bond acceptors (Lipinski definition) is 2. The maximum absolute atomic E-state index is 10.7. The second-order valence-electron chi connectivity index (χ2n) is 3.12. The zero-order chi connectivity index (χ0) is 9.14. The zero-order valence-electron chi connectivity index (χ0n) is 7.09. The number of carbonyl (C=O) groups excluding carboxylic acids is 1. The van der Waals surface area contributed by atoms with Crippen molar-refractivity contribution < 1.29 is 14.7 Å². The number of rotatable bonds is 3. The Morgan fingerprint density at radius 2 is 2.08 bits per heavy atom. The predicted molar refractivity (Wildman–Crippen MR) is 43.8 cm³/mol. The number of hydrogen-bond donors (Lipinski definition) is 1. The van der Waals surface area contributed by atoms with Crippen LogP contribution in [0.25, 0.3) is 0 Å². The molecule has 1 aliphatic rings. The monoisotopic (exact) mass is 168 g/mol. The number of carbonyl (C=O) groups is 2. The molecule has 66 valence electrons. The van der Waals surface area contributed by atoms with E-state index in [1.54, 1.807) is 0 Å². The molecule has 0 heterocycles. The van der Waals surface area contributed by atoms with Crippen LogP contribution < -0.4 is 0 Å². The zero-order valence-corrected chi connectivity index (χ0v) is 7.09. The van der Waals surface area contributed by atoms with Crippen molar-refractivity contribution in [3.05, 3.63) is 11.1 Å². The summed E-state index contributed by atoms with van der Waals surface area (Å²) in [6.45, 7) is 1.49. The number of ketones is 1. The van der Waals surface area contributed by atoms with Crippen molar-refractivity contribution in [3.63, 3.8) is 0 Å². The number of carboxylic acid groups (broad SMARTS) is 1. The Hall–Kier alpha value is -1.12. The lowest BCUT2D eigenvalue weighted by atomic mass is 10.1. The summed E-state index contributed by atoms with van der Waals surface area (Å²) in [5, 5.41) is 8.73. The molecule has 0 unspecified atom stereocenters. The highest BCUT2D eigenvalue weighted by Crippen LogP contribution is 2.28. The molecular formula is C9H12O3. The maximum Gasteiger partial charge on any atom is 0.331 e. The third-order valence-electron chi connectivity index (χ3n) is 2.05. The van der Waals surface area contributed by atoms with Crippen LogP contribution in [0.5, 0.6) is 0 Å². The molecule has 0 saturated heterocycles. The van der Waals surface area contributed by atoms with Crippen molar-refractivity contribution in [2.75, 3.05) is 0 Å². The maximum atomic E-state index is 10.7. The van der Waals surface area contributed by atoms with Gasteiger partial charge < -0.3 is 5.11 Å². The quantitative estimate of drug-likeness (QED) is 0.695. The van der Waals surface area contributed by atoms with E-state index in [1.165, 1.54) is 6.92 Å². The first-order valence-electron chi connectivity index (χ1n) is 4.05. The first-order chi connectivity index (χ1) is 5.61. The van der Waals surface area contributed by atoms with Gasteiger partial charge in [-0.1, -0.05) is 5.57 Å². The molecule has 3 heteroatoms. The van der Waals surface area contributed by atoms with Crippen molar-refractivity contribution in [2.24, 2.45) is 0 Å². The Morgan fingerprint density at radius 1 is 1.42 bits per heavy atom. The van der Waals surface area contributed by atoms with Gasteiger partial charge >= 0.3 is 5.97 Å². The molecule has 12 heavy (non-hydrogen) atoms. The molecule has 0 amide bonds. The van der Waals surface area contributed by atoms with Crippen molar-refractivity contribution in [1.82, 2.24) is 0 Å². The van der Waals surface area contributed by atoms with E-state index in [9.17, 15) is 9.59 Å². The molecule has 0 aromatic rings. The average Bonchev–Trinajstić information content (AvgIpc) is 2.33. The first kappa shape index (κ1) is 8.97. The largest absolute Gasteiger partial charge is 0.478 e. The van der Waals surface area contributed by atoms with E-state index in [1.807, 2.05) is 0 Å². The number of aliphatic carboxylic acids is 1. The third-order valence-corrected chi connectivity index (χ3v) is 2.05. The van der Waals surface area contributed by atoms with Crippen molar-refractivity contribution in [3.8, 4) is 0 Å². The van der Waals surface area contributed by atoms with Crippen LogP contribution in [0.4, 0.5) is 0 Å². The minimum Gasteiger partial charge on any atom is -0.478 e. The van der Waals surface area contributed by atoms with Gasteiger partial charge in [0.1, 0.15) is 5.78 Å². The topological polar surface area (TPSA) is 54.4 Å². The van der Waals surface area contributed by atoms with Crippen LogP contribution in [-0.4, -0.2) is 16.9 Å². The van der Waals surface area contributed by atoms with Crippen LogP contribution in [0.15, 0.2) is 11.1 Å². The summed E-state index contributed by atoms with van der Waals surface area (Å²) in [5.41, 5.74) is 1.29. The van der Waals surface area contributed by atoms with E-state index in [2.05, 4.69) is 0 Å².